The average molecular weight is 408 g/mol. The topological polar surface area (TPSA) is 241 Å². The molecule has 0 saturated heterocycles. The molecule has 0 spiro atoms. The summed E-state index contributed by atoms with van der Waals surface area (Å²) in [4.78, 5) is 38.5. The summed E-state index contributed by atoms with van der Waals surface area (Å²) >= 11 is 0. The van der Waals surface area contributed by atoms with Crippen molar-refractivity contribution in [3.63, 3.8) is 0 Å². The molecule has 12 nitrogen and oxygen atoms in total. The first-order chi connectivity index (χ1) is 8.93. The molecule has 0 aromatic carbocycles. The van der Waals surface area contributed by atoms with Crippen molar-refractivity contribution in [1.82, 2.24) is 0 Å². The first kappa shape index (κ1) is 34.6. The molecule has 0 aliphatic heterocycles. The molecule has 0 saturated carbocycles. The van der Waals surface area contributed by atoms with Gasteiger partial charge < -0.3 is 60.0 Å². The largest absolute Gasteiger partial charge is 2.00 e. The van der Waals surface area contributed by atoms with E-state index in [0.29, 0.717) is 0 Å². The van der Waals surface area contributed by atoms with E-state index >= 15 is 0 Å². The van der Waals surface area contributed by atoms with E-state index in [0.717, 1.165) is 0 Å². The summed E-state index contributed by atoms with van der Waals surface area (Å²) in [6, 6.07) is 0. The molecule has 4 N–H and O–H groups in total. The molecule has 0 radical (unpaired) electrons. The van der Waals surface area contributed by atoms with Gasteiger partial charge in [-0.25, -0.2) is 0 Å². The van der Waals surface area contributed by atoms with Crippen LogP contribution in [0.2, 0.25) is 0 Å². The van der Waals surface area contributed by atoms with Gasteiger partial charge in [0.1, 0.15) is 24.4 Å². The predicted octanol–water partition coefficient (Wildman–Crippen LogP) is -15.6. The third-order valence-corrected chi connectivity index (χ3v) is 1.56. The molecule has 0 amide bonds. The van der Waals surface area contributed by atoms with E-state index in [9.17, 15) is 39.6 Å². The summed E-state index contributed by atoms with van der Waals surface area (Å²) in [7, 11) is 0. The van der Waals surface area contributed by atoms with Gasteiger partial charge >= 0.3 is 78.6 Å². The smallest absolute Gasteiger partial charge is 0.547 e. The molecule has 4 atom stereocenters. The van der Waals surface area contributed by atoms with Crippen molar-refractivity contribution in [3.05, 3.63) is 0 Å². The number of aliphatic carboxylic acids is 4. The van der Waals surface area contributed by atoms with Gasteiger partial charge in [-0.15, -0.1) is 0 Å². The fraction of sp³-hybridized carbons (Fsp3) is 0.500. The quantitative estimate of drug-likeness (QED) is 0.300. The molecule has 23 heavy (non-hydrogen) atoms. The normalized spacial score (nSPS) is 13.7. The summed E-state index contributed by atoms with van der Waals surface area (Å²) in [5, 5.41) is 71.5. The standard InChI is InChI=1S/2C4H6O6.2Na.Zn/c2*5-1(3(7)8)2(6)4(9)10;;;/h2*1-2,5-6H,(H,7,8)(H,9,10);;;/q;;2*+1;+2/p-4. The van der Waals surface area contributed by atoms with Crippen LogP contribution in [0.5, 0.6) is 0 Å². The molecule has 0 aliphatic rings. The zero-order valence-corrected chi connectivity index (χ0v) is 19.0. The maximum atomic E-state index is 9.63. The zero-order chi connectivity index (χ0) is 16.6. The molecule has 0 bridgehead atoms. The van der Waals surface area contributed by atoms with Crippen LogP contribution in [0.25, 0.3) is 0 Å². The van der Waals surface area contributed by atoms with E-state index in [1.165, 1.54) is 0 Å². The van der Waals surface area contributed by atoms with Crippen LogP contribution in [0.4, 0.5) is 0 Å². The van der Waals surface area contributed by atoms with Crippen molar-refractivity contribution in [2.24, 2.45) is 0 Å². The van der Waals surface area contributed by atoms with Crippen LogP contribution in [0.15, 0.2) is 0 Å². The minimum atomic E-state index is -2.44. The first-order valence-electron chi connectivity index (χ1n) is 4.49. The van der Waals surface area contributed by atoms with Crippen LogP contribution in [-0.2, 0) is 38.7 Å². The first-order valence-corrected chi connectivity index (χ1v) is 4.49. The van der Waals surface area contributed by atoms with Gasteiger partial charge in [0, 0.05) is 0 Å². The second kappa shape index (κ2) is 17.2. The van der Waals surface area contributed by atoms with Gasteiger partial charge in [-0.3, -0.25) is 0 Å². The molecular weight excluding hydrogens is 399 g/mol. The van der Waals surface area contributed by atoms with Crippen LogP contribution >= 0.6 is 0 Å². The number of rotatable bonds is 6. The van der Waals surface area contributed by atoms with E-state index < -0.39 is 48.3 Å². The van der Waals surface area contributed by atoms with Crippen molar-refractivity contribution >= 4 is 23.9 Å². The molecule has 0 heterocycles. The van der Waals surface area contributed by atoms with Crippen LogP contribution in [0.1, 0.15) is 0 Å². The Labute approximate surface area is 185 Å². The molecule has 0 aromatic heterocycles. The number of carboxylic acid groups (broad SMARTS) is 4. The van der Waals surface area contributed by atoms with Crippen molar-refractivity contribution < 1.29 is 139 Å². The number of hydrogen-bond acceptors (Lipinski definition) is 12. The van der Waals surface area contributed by atoms with Gasteiger partial charge in [0.05, 0.1) is 23.9 Å². The second-order valence-electron chi connectivity index (χ2n) is 3.06. The molecule has 0 fully saturated rings. The number of carbonyl (C=O) groups excluding carboxylic acids is 4. The summed E-state index contributed by atoms with van der Waals surface area (Å²) in [6.07, 6.45) is -9.76. The molecule has 15 heteroatoms. The fourth-order valence-corrected chi connectivity index (χ4v) is 0.516. The molecule has 0 aliphatic carbocycles. The number of carboxylic acids is 4. The van der Waals surface area contributed by atoms with E-state index in [2.05, 4.69) is 0 Å². The average Bonchev–Trinajstić information content (AvgIpc) is 2.35. The van der Waals surface area contributed by atoms with Crippen molar-refractivity contribution in [1.29, 1.82) is 0 Å². The summed E-state index contributed by atoms with van der Waals surface area (Å²) < 4.78 is 0. The van der Waals surface area contributed by atoms with Crippen LogP contribution < -0.4 is 79.5 Å². The van der Waals surface area contributed by atoms with Crippen LogP contribution in [0, 0.1) is 0 Å². The van der Waals surface area contributed by atoms with Gasteiger partial charge in [0.15, 0.2) is 0 Å². The molecular formula is C8H8Na2O12Zn. The molecule has 4 unspecified atom stereocenters. The van der Waals surface area contributed by atoms with Gasteiger partial charge in [-0.05, 0) is 0 Å². The minimum absolute atomic E-state index is 0. The number of carbonyl (C=O) groups is 4. The maximum Gasteiger partial charge on any atom is 2.00 e. The number of hydrogen-bond donors (Lipinski definition) is 4. The fourth-order valence-electron chi connectivity index (χ4n) is 0.516. The Bertz CT molecular complexity index is 319. The van der Waals surface area contributed by atoms with Gasteiger partial charge in [-0.1, -0.05) is 0 Å². The Kier molecular flexibility index (Phi) is 25.9. The Morgan fingerprint density at radius 1 is 0.522 bits per heavy atom. The van der Waals surface area contributed by atoms with Crippen molar-refractivity contribution in [3.8, 4) is 0 Å². The minimum Gasteiger partial charge on any atom is -0.547 e. The second-order valence-corrected chi connectivity index (χ2v) is 3.06. The Morgan fingerprint density at radius 2 is 0.609 bits per heavy atom. The van der Waals surface area contributed by atoms with E-state index in [1.807, 2.05) is 0 Å². The molecule has 116 valence electrons. The van der Waals surface area contributed by atoms with Crippen LogP contribution in [0.3, 0.4) is 0 Å². The Hall–Kier alpha value is 0.343. The molecule has 0 rings (SSSR count). The summed E-state index contributed by atoms with van der Waals surface area (Å²) in [5.41, 5.74) is 0. The Balaban J connectivity index is -0.0000000831. The SMILES string of the molecule is O=C([O-])C(O)C(O)C(=O)[O-].O=C([O-])C(O)C(O)C(=O)[O-].[Na+].[Na+].[Zn+2]. The third kappa shape index (κ3) is 15.6. The molecule has 0 aromatic rings. The van der Waals surface area contributed by atoms with E-state index in [1.54, 1.807) is 0 Å². The summed E-state index contributed by atoms with van der Waals surface area (Å²) in [5.74, 6) is -8.23. The van der Waals surface area contributed by atoms with Crippen LogP contribution in [-0.4, -0.2) is 68.7 Å². The monoisotopic (exact) mass is 406 g/mol. The van der Waals surface area contributed by atoms with Crippen molar-refractivity contribution in [2.45, 2.75) is 24.4 Å². The van der Waals surface area contributed by atoms with Crippen molar-refractivity contribution in [2.75, 3.05) is 0 Å². The van der Waals surface area contributed by atoms with E-state index in [4.69, 9.17) is 20.4 Å². The van der Waals surface area contributed by atoms with E-state index in [-0.39, 0.29) is 78.6 Å². The van der Waals surface area contributed by atoms with Gasteiger partial charge in [-0.2, -0.15) is 0 Å². The maximum absolute atomic E-state index is 9.63. The zero-order valence-electron chi connectivity index (χ0n) is 12.1. The predicted molar refractivity (Wildman–Crippen MR) is 44.1 cm³/mol. The third-order valence-electron chi connectivity index (χ3n) is 1.56. The number of aliphatic hydroxyl groups excluding tert-OH is 4. The number of aliphatic hydroxyl groups is 4. The Morgan fingerprint density at radius 3 is 0.652 bits per heavy atom. The summed E-state index contributed by atoms with van der Waals surface area (Å²) in [6.45, 7) is 0. The van der Waals surface area contributed by atoms with Gasteiger partial charge in [0.2, 0.25) is 0 Å². The van der Waals surface area contributed by atoms with Gasteiger partial charge in [0.25, 0.3) is 0 Å².